The van der Waals surface area contributed by atoms with Crippen molar-refractivity contribution in [3.63, 3.8) is 0 Å². The Hall–Kier alpha value is -1.92. The van der Waals surface area contributed by atoms with Crippen molar-refractivity contribution >= 4 is 44.2 Å². The summed E-state index contributed by atoms with van der Waals surface area (Å²) in [7, 11) is 0. The van der Waals surface area contributed by atoms with Crippen LogP contribution in [0.5, 0.6) is 0 Å². The van der Waals surface area contributed by atoms with Crippen molar-refractivity contribution in [3.05, 3.63) is 40.2 Å². The van der Waals surface area contributed by atoms with E-state index in [2.05, 4.69) is 12.0 Å². The standard InChI is InChI=1S/C20H25ClN4OS/c1-5-6-7-18(26)24(8-9-25-15(4)11-14(3)23-25)20-22-19-13(2)10-16(21)12-17(19)27-20/h10-12H,5-9H2,1-4H3. The van der Waals surface area contributed by atoms with Gasteiger partial charge in [0.05, 0.1) is 22.5 Å². The van der Waals surface area contributed by atoms with Crippen molar-refractivity contribution in [1.29, 1.82) is 0 Å². The lowest BCUT2D eigenvalue weighted by molar-refractivity contribution is -0.118. The zero-order chi connectivity index (χ0) is 19.6. The van der Waals surface area contributed by atoms with E-state index in [1.165, 1.54) is 11.3 Å². The van der Waals surface area contributed by atoms with Gasteiger partial charge in [-0.1, -0.05) is 36.3 Å². The summed E-state index contributed by atoms with van der Waals surface area (Å²) in [5.41, 5.74) is 4.03. The summed E-state index contributed by atoms with van der Waals surface area (Å²) >= 11 is 7.71. The van der Waals surface area contributed by atoms with Crippen LogP contribution in [0.4, 0.5) is 5.13 Å². The lowest BCUT2D eigenvalue weighted by atomic mass is 10.2. The molecule has 0 spiro atoms. The van der Waals surface area contributed by atoms with Gasteiger partial charge in [-0.15, -0.1) is 0 Å². The Bertz CT molecular complexity index is 962. The minimum atomic E-state index is 0.112. The molecule has 0 aliphatic rings. The number of carbonyl (C=O) groups excluding carboxylic acids is 1. The van der Waals surface area contributed by atoms with Crippen molar-refractivity contribution in [1.82, 2.24) is 14.8 Å². The van der Waals surface area contributed by atoms with E-state index in [-0.39, 0.29) is 5.91 Å². The van der Waals surface area contributed by atoms with Gasteiger partial charge in [0.25, 0.3) is 0 Å². The van der Waals surface area contributed by atoms with Gasteiger partial charge < -0.3 is 0 Å². The third-order valence-electron chi connectivity index (χ3n) is 4.55. The molecule has 7 heteroatoms. The highest BCUT2D eigenvalue weighted by molar-refractivity contribution is 7.22. The van der Waals surface area contributed by atoms with Crippen molar-refractivity contribution in [2.75, 3.05) is 11.4 Å². The van der Waals surface area contributed by atoms with Gasteiger partial charge in [-0.25, -0.2) is 4.98 Å². The number of carbonyl (C=O) groups is 1. The molecule has 0 radical (unpaired) electrons. The number of anilines is 1. The van der Waals surface area contributed by atoms with Crippen LogP contribution < -0.4 is 4.90 Å². The molecule has 3 rings (SSSR count). The van der Waals surface area contributed by atoms with Crippen LogP contribution in [0, 0.1) is 20.8 Å². The minimum absolute atomic E-state index is 0.112. The van der Waals surface area contributed by atoms with Crippen LogP contribution >= 0.6 is 22.9 Å². The number of aromatic nitrogens is 3. The van der Waals surface area contributed by atoms with Gasteiger partial charge in [-0.2, -0.15) is 5.10 Å². The summed E-state index contributed by atoms with van der Waals surface area (Å²) in [4.78, 5) is 19.4. The quantitative estimate of drug-likeness (QED) is 0.537. The van der Waals surface area contributed by atoms with Gasteiger partial charge in [-0.05, 0) is 51.0 Å². The van der Waals surface area contributed by atoms with Gasteiger partial charge >= 0.3 is 0 Å². The number of aryl methyl sites for hydroxylation is 3. The van der Waals surface area contributed by atoms with Crippen LogP contribution in [0.3, 0.4) is 0 Å². The summed E-state index contributed by atoms with van der Waals surface area (Å²) in [6.45, 7) is 9.30. The zero-order valence-electron chi connectivity index (χ0n) is 16.3. The van der Waals surface area contributed by atoms with Crippen LogP contribution in [0.1, 0.15) is 43.1 Å². The summed E-state index contributed by atoms with van der Waals surface area (Å²) < 4.78 is 2.96. The second-order valence-electron chi connectivity index (χ2n) is 6.87. The summed E-state index contributed by atoms with van der Waals surface area (Å²) in [5, 5.41) is 5.94. The van der Waals surface area contributed by atoms with E-state index in [1.807, 2.05) is 48.6 Å². The molecule has 1 aromatic carbocycles. The Morgan fingerprint density at radius 3 is 2.70 bits per heavy atom. The molecule has 0 bridgehead atoms. The second kappa shape index (κ2) is 8.40. The maximum Gasteiger partial charge on any atom is 0.228 e. The van der Waals surface area contributed by atoms with Crippen molar-refractivity contribution in [3.8, 4) is 0 Å². The lowest BCUT2D eigenvalue weighted by Gasteiger charge is -2.20. The van der Waals surface area contributed by atoms with E-state index in [0.717, 1.165) is 45.1 Å². The van der Waals surface area contributed by atoms with Gasteiger partial charge in [0.15, 0.2) is 5.13 Å². The van der Waals surface area contributed by atoms with Crippen molar-refractivity contribution in [2.24, 2.45) is 0 Å². The van der Waals surface area contributed by atoms with Crippen LogP contribution in [-0.2, 0) is 11.3 Å². The molecule has 2 aromatic heterocycles. The fourth-order valence-electron chi connectivity index (χ4n) is 3.14. The van der Waals surface area contributed by atoms with Crippen LogP contribution in [-0.4, -0.2) is 27.2 Å². The first-order chi connectivity index (χ1) is 12.9. The number of rotatable bonds is 7. The number of hydrogen-bond donors (Lipinski definition) is 0. The predicted octanol–water partition coefficient (Wildman–Crippen LogP) is 5.29. The van der Waals surface area contributed by atoms with E-state index in [1.54, 1.807) is 0 Å². The third kappa shape index (κ3) is 4.50. The molecule has 0 saturated carbocycles. The minimum Gasteiger partial charge on any atom is -0.286 e. The van der Waals surface area contributed by atoms with E-state index in [9.17, 15) is 4.79 Å². The van der Waals surface area contributed by atoms with Crippen molar-refractivity contribution in [2.45, 2.75) is 53.5 Å². The highest BCUT2D eigenvalue weighted by Crippen LogP contribution is 2.33. The van der Waals surface area contributed by atoms with Gasteiger partial charge in [0.1, 0.15) is 0 Å². The molecule has 0 unspecified atom stereocenters. The number of nitrogens with zero attached hydrogens (tertiary/aromatic N) is 4. The first-order valence-corrected chi connectivity index (χ1v) is 10.5. The molecule has 0 fully saturated rings. The van der Waals surface area contributed by atoms with Gasteiger partial charge in [0, 0.05) is 23.7 Å². The molecule has 0 aliphatic carbocycles. The number of fused-ring (bicyclic) bond motifs is 1. The molecule has 0 N–H and O–H groups in total. The first kappa shape index (κ1) is 19.8. The number of benzene rings is 1. The Morgan fingerprint density at radius 2 is 2.04 bits per heavy atom. The van der Waals surface area contributed by atoms with E-state index < -0.39 is 0 Å². The summed E-state index contributed by atoms with van der Waals surface area (Å²) in [6.07, 6.45) is 2.40. The lowest BCUT2D eigenvalue weighted by Crippen LogP contribution is -2.34. The molecular weight excluding hydrogens is 380 g/mol. The number of unbranched alkanes of at least 4 members (excludes halogenated alkanes) is 1. The third-order valence-corrected chi connectivity index (χ3v) is 5.80. The highest BCUT2D eigenvalue weighted by atomic mass is 35.5. The molecule has 3 aromatic rings. The largest absolute Gasteiger partial charge is 0.286 e. The number of hydrogen-bond acceptors (Lipinski definition) is 4. The molecule has 27 heavy (non-hydrogen) atoms. The average molecular weight is 405 g/mol. The Balaban J connectivity index is 1.90. The smallest absolute Gasteiger partial charge is 0.228 e. The number of thiazole rings is 1. The maximum absolute atomic E-state index is 12.9. The van der Waals surface area contributed by atoms with Gasteiger partial charge in [0.2, 0.25) is 5.91 Å². The Kier molecular flexibility index (Phi) is 6.17. The molecular formula is C20H25ClN4OS. The van der Waals surface area contributed by atoms with Crippen LogP contribution in [0.2, 0.25) is 5.02 Å². The SMILES string of the molecule is CCCCC(=O)N(CCn1nc(C)cc1C)c1nc2c(C)cc(Cl)cc2s1. The second-order valence-corrected chi connectivity index (χ2v) is 8.31. The zero-order valence-corrected chi connectivity index (χ0v) is 17.8. The molecule has 0 aliphatic heterocycles. The number of halogens is 1. The van der Waals surface area contributed by atoms with E-state index >= 15 is 0 Å². The molecule has 5 nitrogen and oxygen atoms in total. The Labute approximate surface area is 169 Å². The first-order valence-electron chi connectivity index (χ1n) is 9.27. The topological polar surface area (TPSA) is 51.0 Å². The summed E-state index contributed by atoms with van der Waals surface area (Å²) in [6, 6.07) is 5.87. The normalized spacial score (nSPS) is 11.3. The highest BCUT2D eigenvalue weighted by Gasteiger charge is 2.20. The van der Waals surface area contributed by atoms with E-state index in [0.29, 0.717) is 24.5 Å². The molecule has 1 amide bonds. The molecule has 2 heterocycles. The predicted molar refractivity (Wildman–Crippen MR) is 113 cm³/mol. The maximum atomic E-state index is 12.9. The van der Waals surface area contributed by atoms with E-state index in [4.69, 9.17) is 16.6 Å². The summed E-state index contributed by atoms with van der Waals surface area (Å²) in [5.74, 6) is 0.112. The average Bonchev–Trinajstić information content (AvgIpc) is 3.16. The molecule has 0 atom stereocenters. The Morgan fingerprint density at radius 1 is 1.26 bits per heavy atom. The fraction of sp³-hybridized carbons (Fsp3) is 0.450. The van der Waals surface area contributed by atoms with Crippen LogP contribution in [0.15, 0.2) is 18.2 Å². The number of amides is 1. The molecule has 144 valence electrons. The molecule has 0 saturated heterocycles. The van der Waals surface area contributed by atoms with Gasteiger partial charge in [-0.3, -0.25) is 14.4 Å². The van der Waals surface area contributed by atoms with Crippen LogP contribution in [0.25, 0.3) is 10.2 Å². The monoisotopic (exact) mass is 404 g/mol. The van der Waals surface area contributed by atoms with Crippen molar-refractivity contribution < 1.29 is 4.79 Å². The fourth-order valence-corrected chi connectivity index (χ4v) is 4.61.